The molecule has 0 aliphatic heterocycles. The maximum atomic E-state index is 5.81. The van der Waals surface area contributed by atoms with Crippen LogP contribution in [-0.4, -0.2) is 28.5 Å². The summed E-state index contributed by atoms with van der Waals surface area (Å²) < 4.78 is 11.6. The second kappa shape index (κ2) is 5.62. The van der Waals surface area contributed by atoms with E-state index >= 15 is 0 Å². The molecule has 1 N–H and O–H groups in total. The first-order valence-electron chi connectivity index (χ1n) is 6.33. The molecular weight excluding hydrogens is 218 g/mol. The molecule has 0 aromatic heterocycles. The molecule has 0 heterocycles. The van der Waals surface area contributed by atoms with Crippen LogP contribution >= 0.6 is 0 Å². The molecule has 16 heavy (non-hydrogen) atoms. The van der Waals surface area contributed by atoms with Gasteiger partial charge in [-0.2, -0.15) is 0 Å². The van der Waals surface area contributed by atoms with Crippen LogP contribution in [0.15, 0.2) is 0 Å². The van der Waals surface area contributed by atoms with Crippen molar-refractivity contribution in [1.29, 1.82) is 0 Å². The van der Waals surface area contributed by atoms with E-state index < -0.39 is 8.72 Å². The molecule has 0 unspecified atom stereocenters. The Labute approximate surface area is 101 Å². The fraction of sp³-hybridized carbons (Fsp3) is 1.00. The normalized spacial score (nSPS) is 20.1. The van der Waals surface area contributed by atoms with Crippen molar-refractivity contribution in [2.75, 3.05) is 14.2 Å². The van der Waals surface area contributed by atoms with Crippen LogP contribution in [-0.2, 0) is 8.85 Å². The molecular formula is C12H27NO2Si. The largest absolute Gasteiger partial charge is 0.428 e. The van der Waals surface area contributed by atoms with E-state index in [2.05, 4.69) is 25.8 Å². The second-order valence-corrected chi connectivity index (χ2v) is 9.00. The minimum Gasteiger partial charge on any atom is -0.386 e. The van der Waals surface area contributed by atoms with Gasteiger partial charge in [0.05, 0.1) is 0 Å². The maximum Gasteiger partial charge on any atom is 0.428 e. The SMILES string of the molecule is CO[Si](NC(C)(C)C)(OC)C1CCCCC1. The topological polar surface area (TPSA) is 30.5 Å². The molecule has 0 aromatic rings. The predicted molar refractivity (Wildman–Crippen MR) is 69.5 cm³/mol. The Hall–Kier alpha value is 0.0969. The first-order chi connectivity index (χ1) is 7.43. The average molecular weight is 245 g/mol. The van der Waals surface area contributed by atoms with Crippen molar-refractivity contribution in [3.05, 3.63) is 0 Å². The van der Waals surface area contributed by atoms with Gasteiger partial charge in [-0.3, -0.25) is 4.98 Å². The van der Waals surface area contributed by atoms with Gasteiger partial charge in [0.1, 0.15) is 0 Å². The number of rotatable bonds is 4. The highest BCUT2D eigenvalue weighted by atomic mass is 28.4. The van der Waals surface area contributed by atoms with Crippen molar-refractivity contribution in [2.45, 2.75) is 64.0 Å². The Bertz CT molecular complexity index is 206. The van der Waals surface area contributed by atoms with Crippen molar-refractivity contribution in [3.8, 4) is 0 Å². The summed E-state index contributed by atoms with van der Waals surface area (Å²) in [6, 6.07) is 0. The van der Waals surface area contributed by atoms with Gasteiger partial charge in [0.25, 0.3) is 0 Å². The third kappa shape index (κ3) is 3.55. The summed E-state index contributed by atoms with van der Waals surface area (Å²) in [6.07, 6.45) is 6.49. The molecule has 0 radical (unpaired) electrons. The number of nitrogens with one attached hydrogen (secondary N) is 1. The molecule has 0 aromatic carbocycles. The smallest absolute Gasteiger partial charge is 0.386 e. The van der Waals surface area contributed by atoms with Gasteiger partial charge in [-0.05, 0) is 33.6 Å². The van der Waals surface area contributed by atoms with Gasteiger partial charge in [-0.1, -0.05) is 19.3 Å². The fourth-order valence-corrected chi connectivity index (χ4v) is 6.08. The van der Waals surface area contributed by atoms with Crippen LogP contribution in [0.3, 0.4) is 0 Å². The van der Waals surface area contributed by atoms with Gasteiger partial charge in [-0.15, -0.1) is 0 Å². The van der Waals surface area contributed by atoms with E-state index in [1.807, 2.05) is 0 Å². The summed E-state index contributed by atoms with van der Waals surface area (Å²) in [5, 5.41) is 0. The van der Waals surface area contributed by atoms with E-state index in [0.717, 1.165) is 0 Å². The lowest BCUT2D eigenvalue weighted by molar-refractivity contribution is 0.189. The van der Waals surface area contributed by atoms with Gasteiger partial charge in [-0.25, -0.2) is 0 Å². The van der Waals surface area contributed by atoms with Crippen molar-refractivity contribution in [1.82, 2.24) is 4.98 Å². The first-order valence-corrected chi connectivity index (χ1v) is 8.22. The van der Waals surface area contributed by atoms with Gasteiger partial charge in [0.15, 0.2) is 0 Å². The molecule has 1 fully saturated rings. The lowest BCUT2D eigenvalue weighted by atomic mass is 10.0. The van der Waals surface area contributed by atoms with Gasteiger partial charge >= 0.3 is 8.72 Å². The number of hydrogen-bond donors (Lipinski definition) is 1. The molecule has 3 nitrogen and oxygen atoms in total. The predicted octanol–water partition coefficient (Wildman–Crippen LogP) is 2.94. The third-order valence-electron chi connectivity index (χ3n) is 3.30. The third-order valence-corrected chi connectivity index (χ3v) is 7.26. The van der Waals surface area contributed by atoms with Crippen LogP contribution in [0.5, 0.6) is 0 Å². The van der Waals surface area contributed by atoms with E-state index in [4.69, 9.17) is 8.85 Å². The van der Waals surface area contributed by atoms with Crippen LogP contribution in [0.25, 0.3) is 0 Å². The lowest BCUT2D eigenvalue weighted by Crippen LogP contribution is -2.64. The Morgan fingerprint density at radius 3 is 1.88 bits per heavy atom. The summed E-state index contributed by atoms with van der Waals surface area (Å²) in [6.45, 7) is 6.53. The first kappa shape index (κ1) is 14.2. The van der Waals surface area contributed by atoms with Crippen LogP contribution in [0.1, 0.15) is 52.9 Å². The molecule has 0 amide bonds. The Balaban J connectivity index is 2.76. The molecule has 0 bridgehead atoms. The zero-order chi connectivity index (χ0) is 12.2. The van der Waals surface area contributed by atoms with Crippen molar-refractivity contribution < 1.29 is 8.85 Å². The van der Waals surface area contributed by atoms with Crippen LogP contribution in [0.4, 0.5) is 0 Å². The summed E-state index contributed by atoms with van der Waals surface area (Å²) >= 11 is 0. The monoisotopic (exact) mass is 245 g/mol. The Morgan fingerprint density at radius 2 is 1.50 bits per heavy atom. The zero-order valence-electron chi connectivity index (χ0n) is 11.4. The van der Waals surface area contributed by atoms with Gasteiger partial charge in [0.2, 0.25) is 0 Å². The standard InChI is InChI=1S/C12H27NO2Si/c1-12(2,3)13-16(14-4,15-5)11-9-7-6-8-10-11/h11,13H,6-10H2,1-5H3. The minimum atomic E-state index is -2.23. The Morgan fingerprint density at radius 1 is 1.00 bits per heavy atom. The van der Waals surface area contributed by atoms with Crippen molar-refractivity contribution in [3.63, 3.8) is 0 Å². The zero-order valence-corrected chi connectivity index (χ0v) is 12.4. The lowest BCUT2D eigenvalue weighted by Gasteiger charge is -2.41. The molecule has 0 saturated heterocycles. The minimum absolute atomic E-state index is 0.0513. The summed E-state index contributed by atoms with van der Waals surface area (Å²) in [7, 11) is 1.36. The summed E-state index contributed by atoms with van der Waals surface area (Å²) in [5.41, 5.74) is 0.644. The van der Waals surface area contributed by atoms with E-state index in [1.54, 1.807) is 14.2 Å². The van der Waals surface area contributed by atoms with E-state index in [-0.39, 0.29) is 5.54 Å². The molecule has 4 heteroatoms. The van der Waals surface area contributed by atoms with Crippen molar-refractivity contribution in [2.24, 2.45) is 0 Å². The average Bonchev–Trinajstić information content (AvgIpc) is 2.26. The molecule has 1 rings (SSSR count). The molecule has 1 aliphatic carbocycles. The number of hydrogen-bond acceptors (Lipinski definition) is 3. The highest BCUT2D eigenvalue weighted by Gasteiger charge is 2.47. The molecule has 1 aliphatic rings. The van der Waals surface area contributed by atoms with Crippen LogP contribution in [0.2, 0.25) is 5.54 Å². The second-order valence-electron chi connectivity index (χ2n) is 5.79. The van der Waals surface area contributed by atoms with E-state index in [1.165, 1.54) is 32.1 Å². The maximum absolute atomic E-state index is 5.81. The van der Waals surface area contributed by atoms with Crippen molar-refractivity contribution >= 4 is 8.72 Å². The summed E-state index contributed by atoms with van der Waals surface area (Å²) in [4.78, 5) is 3.63. The molecule has 1 saturated carbocycles. The molecule has 96 valence electrons. The molecule has 0 spiro atoms. The van der Waals surface area contributed by atoms with Gasteiger partial charge < -0.3 is 8.85 Å². The highest BCUT2D eigenvalue weighted by Crippen LogP contribution is 2.37. The van der Waals surface area contributed by atoms with Crippen LogP contribution < -0.4 is 4.98 Å². The highest BCUT2D eigenvalue weighted by molar-refractivity contribution is 6.66. The quantitative estimate of drug-likeness (QED) is 0.773. The molecule has 0 atom stereocenters. The Kier molecular flexibility index (Phi) is 4.98. The fourth-order valence-electron chi connectivity index (χ4n) is 2.63. The van der Waals surface area contributed by atoms with Crippen LogP contribution in [0, 0.1) is 0 Å². The van der Waals surface area contributed by atoms with E-state index in [0.29, 0.717) is 5.54 Å². The van der Waals surface area contributed by atoms with E-state index in [9.17, 15) is 0 Å². The summed E-state index contributed by atoms with van der Waals surface area (Å²) in [5.74, 6) is 0. The van der Waals surface area contributed by atoms with Gasteiger partial charge in [0, 0.05) is 25.3 Å².